The van der Waals surface area contributed by atoms with Gasteiger partial charge in [0.25, 0.3) is 0 Å². The molecule has 1 aromatic carbocycles. The molecule has 4 nitrogen and oxygen atoms in total. The monoisotopic (exact) mass is 273 g/mol. The lowest BCUT2D eigenvalue weighted by Gasteiger charge is -2.27. The molecule has 0 amide bonds. The number of carbonyl (C=O) groups excluding carboxylic acids is 1. The molecule has 1 aliphatic heterocycles. The second-order valence-electron chi connectivity index (χ2n) is 5.08. The summed E-state index contributed by atoms with van der Waals surface area (Å²) in [5.74, 6) is 0.0535. The quantitative estimate of drug-likeness (QED) is 0.605. The normalized spacial score (nSPS) is 16.9. The Bertz CT molecular complexity index is 450. The van der Waals surface area contributed by atoms with Crippen molar-refractivity contribution in [3.8, 4) is 0 Å². The van der Waals surface area contributed by atoms with Crippen molar-refractivity contribution in [2.24, 2.45) is 0 Å². The number of hydrogen-bond donors (Lipinski definition) is 2. The van der Waals surface area contributed by atoms with Crippen LogP contribution in [0, 0.1) is 0 Å². The van der Waals surface area contributed by atoms with E-state index in [9.17, 15) is 4.79 Å². The summed E-state index contributed by atoms with van der Waals surface area (Å²) in [6.07, 6.45) is 1.67. The number of ketones is 1. The maximum absolute atomic E-state index is 12.0. The Morgan fingerprint density at radius 1 is 1.30 bits per heavy atom. The van der Waals surface area contributed by atoms with Gasteiger partial charge in [-0.3, -0.25) is 9.69 Å². The van der Waals surface area contributed by atoms with Crippen LogP contribution in [0.3, 0.4) is 0 Å². The molecule has 0 bridgehead atoms. The first-order valence-electron chi connectivity index (χ1n) is 7.20. The summed E-state index contributed by atoms with van der Waals surface area (Å²) in [7, 11) is 0. The summed E-state index contributed by atoms with van der Waals surface area (Å²) in [6.45, 7) is 8.19. The minimum absolute atomic E-state index is 0.0535. The molecule has 0 spiro atoms. The number of allylic oxidation sites excluding steroid dienone is 2. The molecule has 2 N–H and O–H groups in total. The molecule has 20 heavy (non-hydrogen) atoms. The average molecular weight is 273 g/mol. The largest absolute Gasteiger partial charge is 0.387 e. The van der Waals surface area contributed by atoms with Crippen LogP contribution >= 0.6 is 0 Å². The van der Waals surface area contributed by atoms with E-state index in [0.717, 1.165) is 50.5 Å². The van der Waals surface area contributed by atoms with Gasteiger partial charge in [0.1, 0.15) is 0 Å². The molecule has 0 aromatic heterocycles. The molecule has 0 unspecified atom stereocenters. The van der Waals surface area contributed by atoms with Crippen molar-refractivity contribution in [3.05, 3.63) is 47.7 Å². The average Bonchev–Trinajstić information content (AvgIpc) is 2.49. The molecule has 1 fully saturated rings. The van der Waals surface area contributed by atoms with Crippen LogP contribution < -0.4 is 10.6 Å². The number of nitrogens with zero attached hydrogens (tertiary/aromatic N) is 1. The Morgan fingerprint density at radius 3 is 2.70 bits per heavy atom. The van der Waals surface area contributed by atoms with Crippen molar-refractivity contribution >= 4 is 5.78 Å². The predicted molar refractivity (Wildman–Crippen MR) is 81.8 cm³/mol. The molecule has 0 radical (unpaired) electrons. The standard InChI is InChI=1S/C16H23N3O/c1-14(13-16(20)15-5-3-2-4-6-15)18-9-12-19-10-7-17-8-11-19/h2-6,13,17-18H,7-12H2,1H3. The molecule has 0 saturated carbocycles. The first-order valence-corrected chi connectivity index (χ1v) is 7.20. The van der Waals surface area contributed by atoms with Crippen molar-refractivity contribution in [2.45, 2.75) is 6.92 Å². The van der Waals surface area contributed by atoms with E-state index in [2.05, 4.69) is 15.5 Å². The highest BCUT2D eigenvalue weighted by Crippen LogP contribution is 2.02. The lowest BCUT2D eigenvalue weighted by molar-refractivity contribution is 0.104. The highest BCUT2D eigenvalue weighted by atomic mass is 16.1. The van der Waals surface area contributed by atoms with Gasteiger partial charge in [0.2, 0.25) is 0 Å². The molecule has 1 saturated heterocycles. The van der Waals surface area contributed by atoms with E-state index in [0.29, 0.717) is 0 Å². The van der Waals surface area contributed by atoms with Gasteiger partial charge in [-0.25, -0.2) is 0 Å². The second-order valence-corrected chi connectivity index (χ2v) is 5.08. The highest BCUT2D eigenvalue weighted by Gasteiger charge is 2.08. The number of carbonyl (C=O) groups is 1. The summed E-state index contributed by atoms with van der Waals surface area (Å²) >= 11 is 0. The molecule has 2 rings (SSSR count). The van der Waals surface area contributed by atoms with Crippen molar-refractivity contribution in [2.75, 3.05) is 39.3 Å². The highest BCUT2D eigenvalue weighted by molar-refractivity contribution is 6.04. The van der Waals surface area contributed by atoms with Gasteiger partial charge in [-0.05, 0) is 6.92 Å². The van der Waals surface area contributed by atoms with Crippen LogP contribution in [0.1, 0.15) is 17.3 Å². The van der Waals surface area contributed by atoms with Crippen LogP contribution in [0.4, 0.5) is 0 Å². The van der Waals surface area contributed by atoms with Crippen molar-refractivity contribution in [1.29, 1.82) is 0 Å². The maximum Gasteiger partial charge on any atom is 0.187 e. The van der Waals surface area contributed by atoms with Gasteiger partial charge in [-0.15, -0.1) is 0 Å². The Kier molecular flexibility index (Phi) is 5.77. The van der Waals surface area contributed by atoms with Crippen LogP contribution in [-0.4, -0.2) is 50.0 Å². The summed E-state index contributed by atoms with van der Waals surface area (Å²) in [5, 5.41) is 6.65. The van der Waals surface area contributed by atoms with Gasteiger partial charge < -0.3 is 10.6 Å². The summed E-state index contributed by atoms with van der Waals surface area (Å²) in [6, 6.07) is 9.36. The molecule has 1 aromatic rings. The van der Waals surface area contributed by atoms with E-state index in [1.165, 1.54) is 0 Å². The van der Waals surface area contributed by atoms with E-state index >= 15 is 0 Å². The summed E-state index contributed by atoms with van der Waals surface area (Å²) in [4.78, 5) is 14.4. The fourth-order valence-electron chi connectivity index (χ4n) is 2.28. The minimum atomic E-state index is 0.0535. The molecule has 1 aliphatic rings. The number of piperazine rings is 1. The SMILES string of the molecule is CC(=CC(=O)c1ccccc1)NCCN1CCNCC1. The zero-order valence-electron chi connectivity index (χ0n) is 12.1. The Labute approximate surface area is 120 Å². The number of rotatable bonds is 6. The maximum atomic E-state index is 12.0. The van der Waals surface area contributed by atoms with Crippen LogP contribution in [0.5, 0.6) is 0 Å². The van der Waals surface area contributed by atoms with Gasteiger partial charge in [-0.2, -0.15) is 0 Å². The first-order chi connectivity index (χ1) is 9.75. The lowest BCUT2D eigenvalue weighted by Crippen LogP contribution is -2.45. The Morgan fingerprint density at radius 2 is 2.00 bits per heavy atom. The summed E-state index contributed by atoms with van der Waals surface area (Å²) in [5.41, 5.74) is 1.66. The van der Waals surface area contributed by atoms with E-state index in [4.69, 9.17) is 0 Å². The fraction of sp³-hybridized carbons (Fsp3) is 0.438. The van der Waals surface area contributed by atoms with Gasteiger partial charge in [0.05, 0.1) is 0 Å². The molecular formula is C16H23N3O. The third-order valence-corrected chi connectivity index (χ3v) is 3.45. The zero-order chi connectivity index (χ0) is 14.2. The third kappa shape index (κ3) is 4.79. The van der Waals surface area contributed by atoms with Crippen molar-refractivity contribution in [1.82, 2.24) is 15.5 Å². The van der Waals surface area contributed by atoms with Crippen molar-refractivity contribution in [3.63, 3.8) is 0 Å². The molecule has 4 heteroatoms. The van der Waals surface area contributed by atoms with Crippen LogP contribution in [0.2, 0.25) is 0 Å². The smallest absolute Gasteiger partial charge is 0.187 e. The van der Waals surface area contributed by atoms with E-state index in [-0.39, 0.29) is 5.78 Å². The number of nitrogens with one attached hydrogen (secondary N) is 2. The number of hydrogen-bond acceptors (Lipinski definition) is 4. The fourth-order valence-corrected chi connectivity index (χ4v) is 2.28. The van der Waals surface area contributed by atoms with Crippen LogP contribution in [0.25, 0.3) is 0 Å². The zero-order valence-corrected chi connectivity index (χ0v) is 12.1. The van der Waals surface area contributed by atoms with E-state index in [1.54, 1.807) is 6.08 Å². The second kappa shape index (κ2) is 7.82. The molecule has 108 valence electrons. The first kappa shape index (κ1) is 14.8. The molecule has 1 heterocycles. The minimum Gasteiger partial charge on any atom is -0.387 e. The topological polar surface area (TPSA) is 44.4 Å². The summed E-state index contributed by atoms with van der Waals surface area (Å²) < 4.78 is 0. The van der Waals surface area contributed by atoms with Crippen LogP contribution in [0.15, 0.2) is 42.1 Å². The van der Waals surface area contributed by atoms with Gasteiger partial charge >= 0.3 is 0 Å². The lowest BCUT2D eigenvalue weighted by atomic mass is 10.1. The molecular weight excluding hydrogens is 250 g/mol. The predicted octanol–water partition coefficient (Wildman–Crippen LogP) is 1.27. The van der Waals surface area contributed by atoms with E-state index in [1.807, 2.05) is 37.3 Å². The third-order valence-electron chi connectivity index (χ3n) is 3.45. The van der Waals surface area contributed by atoms with Gasteiger partial charge in [-0.1, -0.05) is 30.3 Å². The van der Waals surface area contributed by atoms with Crippen molar-refractivity contribution < 1.29 is 4.79 Å². The Hall–Kier alpha value is -1.65. The molecule has 0 aliphatic carbocycles. The van der Waals surface area contributed by atoms with E-state index < -0.39 is 0 Å². The van der Waals surface area contributed by atoms with Gasteiger partial charge in [0.15, 0.2) is 5.78 Å². The number of benzene rings is 1. The Balaban J connectivity index is 1.74. The van der Waals surface area contributed by atoms with Crippen LogP contribution in [-0.2, 0) is 0 Å². The van der Waals surface area contributed by atoms with Gasteiger partial charge in [0, 0.05) is 56.6 Å². The molecule has 0 atom stereocenters.